The monoisotopic (exact) mass is 433 g/mol. The van der Waals surface area contributed by atoms with Crippen LogP contribution in [0.3, 0.4) is 0 Å². The average Bonchev–Trinajstić information content (AvgIpc) is 3.40. The van der Waals surface area contributed by atoms with Gasteiger partial charge in [-0.3, -0.25) is 0 Å². The van der Waals surface area contributed by atoms with Crippen molar-refractivity contribution in [3.8, 4) is 11.1 Å². The molecular weight excluding hydrogens is 406 g/mol. The van der Waals surface area contributed by atoms with Gasteiger partial charge in [0.25, 0.3) is 0 Å². The summed E-state index contributed by atoms with van der Waals surface area (Å²) in [7, 11) is 2.21. The van der Waals surface area contributed by atoms with Gasteiger partial charge in [0, 0.05) is 54.4 Å². The molecule has 2 heterocycles. The third-order valence-corrected chi connectivity index (χ3v) is 8.34. The molecular formula is C30H27NS. The number of rotatable bonds is 0. The van der Waals surface area contributed by atoms with Gasteiger partial charge >= 0.3 is 0 Å². The second-order valence-electron chi connectivity index (χ2n) is 9.11. The molecule has 0 bridgehead atoms. The minimum atomic E-state index is 0.0317. The fraction of sp³-hybridized carbons (Fsp3) is 0.200. The SMILES string of the molecule is CC.Cn1c2cc3c(cc2c2cc4sc5ccccc5c4cc21)C(C)(C)c1ccccc1-3. The fourth-order valence-electron chi connectivity index (χ4n) is 5.61. The molecule has 158 valence electrons. The van der Waals surface area contributed by atoms with E-state index in [1.165, 1.54) is 64.2 Å². The third-order valence-electron chi connectivity index (χ3n) is 7.21. The van der Waals surface area contributed by atoms with E-state index in [0.29, 0.717) is 0 Å². The van der Waals surface area contributed by atoms with Crippen LogP contribution in [0.2, 0.25) is 0 Å². The summed E-state index contributed by atoms with van der Waals surface area (Å²) in [6.07, 6.45) is 0. The quantitative estimate of drug-likeness (QED) is 0.225. The molecule has 0 atom stereocenters. The molecule has 1 nitrogen and oxygen atoms in total. The predicted octanol–water partition coefficient (Wildman–Crippen LogP) is 9.03. The highest BCUT2D eigenvalue weighted by Gasteiger charge is 2.35. The number of aryl methyl sites for hydroxylation is 1. The van der Waals surface area contributed by atoms with Gasteiger partial charge in [-0.05, 0) is 52.6 Å². The van der Waals surface area contributed by atoms with Gasteiger partial charge in [0.15, 0.2) is 0 Å². The second-order valence-corrected chi connectivity index (χ2v) is 10.2. The van der Waals surface area contributed by atoms with E-state index in [2.05, 4.69) is 98.3 Å². The molecule has 6 aromatic rings. The summed E-state index contributed by atoms with van der Waals surface area (Å²) in [5.74, 6) is 0. The van der Waals surface area contributed by atoms with Crippen molar-refractivity contribution in [3.63, 3.8) is 0 Å². The van der Waals surface area contributed by atoms with Gasteiger partial charge in [0.1, 0.15) is 0 Å². The summed E-state index contributed by atoms with van der Waals surface area (Å²) in [4.78, 5) is 0. The average molecular weight is 434 g/mol. The Morgan fingerprint density at radius 2 is 1.31 bits per heavy atom. The zero-order valence-electron chi connectivity index (χ0n) is 19.3. The first-order valence-electron chi connectivity index (χ1n) is 11.5. The maximum Gasteiger partial charge on any atom is 0.0495 e. The van der Waals surface area contributed by atoms with Gasteiger partial charge in [-0.25, -0.2) is 0 Å². The number of nitrogens with zero attached hydrogens (tertiary/aromatic N) is 1. The van der Waals surface area contributed by atoms with Gasteiger partial charge in [-0.1, -0.05) is 70.2 Å². The minimum Gasteiger partial charge on any atom is -0.344 e. The summed E-state index contributed by atoms with van der Waals surface area (Å²) < 4.78 is 5.12. The standard InChI is InChI=1S/C28H21NS.C2H6/c1-28(2)22-10-6-4-8-16(22)18-13-24-19(12-23(18)28)20-15-27-21(14-25(20)29(24)3)17-9-5-7-11-26(17)30-27;1-2/h4-15H,1-3H3;1-2H3. The van der Waals surface area contributed by atoms with Crippen LogP contribution in [0.1, 0.15) is 38.8 Å². The van der Waals surface area contributed by atoms with Crippen LogP contribution in [-0.2, 0) is 12.5 Å². The molecule has 0 radical (unpaired) electrons. The summed E-state index contributed by atoms with van der Waals surface area (Å²) in [5.41, 5.74) is 8.32. The van der Waals surface area contributed by atoms with Crippen LogP contribution < -0.4 is 0 Å². The summed E-state index contributed by atoms with van der Waals surface area (Å²) in [5, 5.41) is 5.46. The van der Waals surface area contributed by atoms with Crippen molar-refractivity contribution < 1.29 is 0 Å². The van der Waals surface area contributed by atoms with Gasteiger partial charge < -0.3 is 4.57 Å². The van der Waals surface area contributed by atoms with Crippen molar-refractivity contribution in [2.75, 3.05) is 0 Å². The summed E-state index contributed by atoms with van der Waals surface area (Å²) in [6, 6.07) is 27.3. The highest BCUT2D eigenvalue weighted by molar-refractivity contribution is 7.25. The predicted molar refractivity (Wildman–Crippen MR) is 142 cm³/mol. The summed E-state index contributed by atoms with van der Waals surface area (Å²) >= 11 is 1.90. The van der Waals surface area contributed by atoms with Crippen molar-refractivity contribution in [1.82, 2.24) is 4.57 Å². The molecule has 0 saturated carbocycles. The number of benzene rings is 4. The Kier molecular flexibility index (Phi) is 4.10. The first-order valence-corrected chi connectivity index (χ1v) is 12.3. The molecule has 32 heavy (non-hydrogen) atoms. The first kappa shape index (κ1) is 19.6. The smallest absolute Gasteiger partial charge is 0.0495 e. The first-order chi connectivity index (χ1) is 15.5. The Labute approximate surface area is 192 Å². The number of thiophene rings is 1. The molecule has 7 rings (SSSR count). The van der Waals surface area contributed by atoms with E-state index in [0.717, 1.165) is 0 Å². The van der Waals surface area contributed by atoms with Gasteiger partial charge in [-0.15, -0.1) is 11.3 Å². The Morgan fingerprint density at radius 1 is 0.625 bits per heavy atom. The Balaban J connectivity index is 0.000000953. The van der Waals surface area contributed by atoms with Crippen LogP contribution in [0, 0.1) is 0 Å². The molecule has 2 aromatic heterocycles. The number of fused-ring (bicyclic) bond motifs is 9. The second kappa shape index (κ2) is 6.70. The number of hydrogen-bond donors (Lipinski definition) is 0. The lowest BCUT2D eigenvalue weighted by Gasteiger charge is -2.21. The molecule has 0 fully saturated rings. The van der Waals surface area contributed by atoms with Crippen LogP contribution in [0.25, 0.3) is 53.1 Å². The van der Waals surface area contributed by atoms with Gasteiger partial charge in [0.05, 0.1) is 0 Å². The van der Waals surface area contributed by atoms with E-state index in [1.807, 2.05) is 25.2 Å². The minimum absolute atomic E-state index is 0.0317. The van der Waals surface area contributed by atoms with E-state index in [1.54, 1.807) is 0 Å². The van der Waals surface area contributed by atoms with Crippen LogP contribution >= 0.6 is 11.3 Å². The lowest BCUT2D eigenvalue weighted by molar-refractivity contribution is 0.661. The van der Waals surface area contributed by atoms with E-state index in [9.17, 15) is 0 Å². The molecule has 0 N–H and O–H groups in total. The maximum atomic E-state index is 2.46. The highest BCUT2D eigenvalue weighted by atomic mass is 32.1. The molecule has 0 saturated heterocycles. The zero-order chi connectivity index (χ0) is 22.2. The van der Waals surface area contributed by atoms with Gasteiger partial charge in [-0.2, -0.15) is 0 Å². The molecule has 0 spiro atoms. The van der Waals surface area contributed by atoms with Crippen molar-refractivity contribution in [2.45, 2.75) is 33.1 Å². The molecule has 0 unspecified atom stereocenters. The molecule has 1 aliphatic rings. The van der Waals surface area contributed by atoms with E-state index >= 15 is 0 Å². The van der Waals surface area contributed by atoms with Crippen molar-refractivity contribution >= 4 is 53.3 Å². The Morgan fingerprint density at radius 3 is 2.16 bits per heavy atom. The molecule has 0 aliphatic heterocycles. The van der Waals surface area contributed by atoms with Crippen LogP contribution in [0.4, 0.5) is 0 Å². The largest absolute Gasteiger partial charge is 0.344 e. The topological polar surface area (TPSA) is 4.93 Å². The maximum absolute atomic E-state index is 2.46. The van der Waals surface area contributed by atoms with E-state index in [-0.39, 0.29) is 5.41 Å². The van der Waals surface area contributed by atoms with Crippen LogP contribution in [-0.4, -0.2) is 4.57 Å². The lowest BCUT2D eigenvalue weighted by atomic mass is 9.82. The lowest BCUT2D eigenvalue weighted by Crippen LogP contribution is -2.14. The molecule has 2 heteroatoms. The van der Waals surface area contributed by atoms with Gasteiger partial charge in [0.2, 0.25) is 0 Å². The highest BCUT2D eigenvalue weighted by Crippen LogP contribution is 2.51. The zero-order valence-corrected chi connectivity index (χ0v) is 20.1. The Hall–Kier alpha value is -3.10. The van der Waals surface area contributed by atoms with Crippen LogP contribution in [0.5, 0.6) is 0 Å². The number of aromatic nitrogens is 1. The summed E-state index contributed by atoms with van der Waals surface area (Å²) in [6.45, 7) is 8.72. The van der Waals surface area contributed by atoms with Crippen molar-refractivity contribution in [3.05, 3.63) is 83.9 Å². The van der Waals surface area contributed by atoms with Crippen molar-refractivity contribution in [1.29, 1.82) is 0 Å². The fourth-order valence-corrected chi connectivity index (χ4v) is 6.74. The molecule has 0 amide bonds. The molecule has 4 aromatic carbocycles. The van der Waals surface area contributed by atoms with Crippen molar-refractivity contribution in [2.24, 2.45) is 7.05 Å². The molecule has 1 aliphatic carbocycles. The van der Waals surface area contributed by atoms with E-state index in [4.69, 9.17) is 0 Å². The third kappa shape index (κ3) is 2.39. The van der Waals surface area contributed by atoms with Crippen LogP contribution in [0.15, 0.2) is 72.8 Å². The Bertz CT molecular complexity index is 1680. The van der Waals surface area contributed by atoms with E-state index < -0.39 is 0 Å². The number of hydrogen-bond acceptors (Lipinski definition) is 1. The normalized spacial score (nSPS) is 14.0.